The molecule has 0 aliphatic rings. The minimum atomic E-state index is 0.668. The lowest BCUT2D eigenvalue weighted by Crippen LogP contribution is -1.97. The van der Waals surface area contributed by atoms with Crippen LogP contribution in [0, 0.1) is 13.5 Å². The van der Waals surface area contributed by atoms with Gasteiger partial charge in [-0.3, -0.25) is 0 Å². The van der Waals surface area contributed by atoms with Crippen LogP contribution in [0.3, 0.4) is 0 Å². The average Bonchev–Trinajstić information content (AvgIpc) is 3.07. The van der Waals surface area contributed by atoms with Crippen molar-refractivity contribution in [2.24, 2.45) is 0 Å². The second-order valence-corrected chi connectivity index (χ2v) is 6.80. The van der Waals surface area contributed by atoms with E-state index in [-0.39, 0.29) is 0 Å². The molecular formula is C24H21N3. The Morgan fingerprint density at radius 1 is 1.00 bits per heavy atom. The van der Waals surface area contributed by atoms with Gasteiger partial charge in [-0.05, 0) is 47.7 Å². The van der Waals surface area contributed by atoms with Gasteiger partial charge in [0, 0.05) is 36.6 Å². The first-order valence-electron chi connectivity index (χ1n) is 9.02. The third kappa shape index (κ3) is 3.30. The maximum absolute atomic E-state index is 7.37. The number of aryl methyl sites for hydroxylation is 1. The second kappa shape index (κ2) is 7.01. The van der Waals surface area contributed by atoms with Gasteiger partial charge in [0.15, 0.2) is 5.69 Å². The quantitative estimate of drug-likeness (QED) is 0.431. The summed E-state index contributed by atoms with van der Waals surface area (Å²) in [5, 5.41) is 4.32. The smallest absolute Gasteiger partial charge is 0.188 e. The molecule has 3 nitrogen and oxygen atoms in total. The molecule has 0 aliphatic carbocycles. The Morgan fingerprint density at radius 2 is 1.81 bits per heavy atom. The van der Waals surface area contributed by atoms with Gasteiger partial charge in [-0.15, -0.1) is 0 Å². The summed E-state index contributed by atoms with van der Waals surface area (Å²) in [6.07, 6.45) is 2.20. The molecule has 3 aromatic carbocycles. The maximum atomic E-state index is 7.37. The molecule has 0 fully saturated rings. The second-order valence-electron chi connectivity index (χ2n) is 6.80. The number of hydrogen-bond donors (Lipinski definition) is 1. The van der Waals surface area contributed by atoms with Crippen LogP contribution in [0.15, 0.2) is 72.9 Å². The number of nitrogens with zero attached hydrogens (tertiary/aromatic N) is 2. The summed E-state index contributed by atoms with van der Waals surface area (Å²) in [6.45, 7) is 10.3. The Hall–Kier alpha value is -3.51. The zero-order valence-corrected chi connectivity index (χ0v) is 15.5. The van der Waals surface area contributed by atoms with Crippen LogP contribution >= 0.6 is 0 Å². The fourth-order valence-electron chi connectivity index (χ4n) is 3.45. The first-order valence-corrected chi connectivity index (χ1v) is 9.02. The van der Waals surface area contributed by atoms with Crippen LogP contribution < -0.4 is 5.32 Å². The molecule has 0 bridgehead atoms. The molecule has 27 heavy (non-hydrogen) atoms. The molecule has 1 aromatic heterocycles. The van der Waals surface area contributed by atoms with Crippen molar-refractivity contribution in [3.05, 3.63) is 95.5 Å². The van der Waals surface area contributed by atoms with E-state index in [0.717, 1.165) is 34.3 Å². The molecular weight excluding hydrogens is 330 g/mol. The van der Waals surface area contributed by atoms with Crippen LogP contribution in [0.2, 0.25) is 0 Å². The molecule has 4 aromatic rings. The normalized spacial score (nSPS) is 10.7. The monoisotopic (exact) mass is 351 g/mol. The molecule has 0 saturated heterocycles. The molecule has 1 N–H and O–H groups in total. The summed E-state index contributed by atoms with van der Waals surface area (Å²) in [7, 11) is 1.93. The van der Waals surface area contributed by atoms with Crippen molar-refractivity contribution in [1.82, 2.24) is 4.57 Å². The van der Waals surface area contributed by atoms with Crippen molar-refractivity contribution < 1.29 is 0 Å². The van der Waals surface area contributed by atoms with Crippen molar-refractivity contribution in [3.8, 4) is 11.1 Å². The first kappa shape index (κ1) is 16.9. The van der Waals surface area contributed by atoms with Gasteiger partial charge < -0.3 is 9.88 Å². The molecule has 0 unspecified atom stereocenters. The highest BCUT2D eigenvalue weighted by molar-refractivity contribution is 5.98. The van der Waals surface area contributed by atoms with Gasteiger partial charge in [0.1, 0.15) is 0 Å². The zero-order chi connectivity index (χ0) is 18.8. The Morgan fingerprint density at radius 3 is 2.56 bits per heavy atom. The number of nitrogens with one attached hydrogen (secondary N) is 1. The number of fused-ring (bicyclic) bond motifs is 1. The summed E-state index contributed by atoms with van der Waals surface area (Å²) in [6, 6.07) is 23.0. The lowest BCUT2D eigenvalue weighted by Gasteiger charge is -2.06. The van der Waals surface area contributed by atoms with Crippen LogP contribution in [-0.2, 0) is 6.54 Å². The van der Waals surface area contributed by atoms with Gasteiger partial charge in [0.2, 0.25) is 0 Å². The van der Waals surface area contributed by atoms with Crippen LogP contribution in [0.4, 0.5) is 11.4 Å². The van der Waals surface area contributed by atoms with E-state index in [1.807, 2.05) is 19.2 Å². The van der Waals surface area contributed by atoms with Crippen LogP contribution in [0.25, 0.3) is 26.9 Å². The van der Waals surface area contributed by atoms with E-state index in [4.69, 9.17) is 6.57 Å². The molecule has 0 amide bonds. The SMILES string of the molecule is [C-]#[N+]c1ccc2c(c1)c(-c1cccc(NC)c1)cn2Cc1ccc(C)cc1. The molecule has 0 aliphatic heterocycles. The number of benzene rings is 3. The molecule has 3 heteroatoms. The summed E-state index contributed by atoms with van der Waals surface area (Å²) in [4.78, 5) is 3.62. The molecule has 1 heterocycles. The largest absolute Gasteiger partial charge is 0.388 e. The highest BCUT2D eigenvalue weighted by Gasteiger charge is 2.12. The van der Waals surface area contributed by atoms with E-state index in [1.165, 1.54) is 11.1 Å². The van der Waals surface area contributed by atoms with Gasteiger partial charge in [-0.25, -0.2) is 4.85 Å². The van der Waals surface area contributed by atoms with Gasteiger partial charge in [-0.1, -0.05) is 48.0 Å². The van der Waals surface area contributed by atoms with E-state index in [1.54, 1.807) is 0 Å². The number of aromatic nitrogens is 1. The minimum Gasteiger partial charge on any atom is -0.388 e. The maximum Gasteiger partial charge on any atom is 0.188 e. The van der Waals surface area contributed by atoms with Gasteiger partial charge >= 0.3 is 0 Å². The minimum absolute atomic E-state index is 0.668. The van der Waals surface area contributed by atoms with Crippen LogP contribution in [-0.4, -0.2) is 11.6 Å². The Balaban J connectivity index is 1.87. The van der Waals surface area contributed by atoms with Crippen LogP contribution in [0.5, 0.6) is 0 Å². The van der Waals surface area contributed by atoms with Crippen LogP contribution in [0.1, 0.15) is 11.1 Å². The third-order valence-corrected chi connectivity index (χ3v) is 4.93. The van der Waals surface area contributed by atoms with Crippen molar-refractivity contribution in [2.45, 2.75) is 13.5 Å². The van der Waals surface area contributed by atoms with Gasteiger partial charge in [-0.2, -0.15) is 0 Å². The topological polar surface area (TPSA) is 21.3 Å². The van der Waals surface area contributed by atoms with E-state index < -0.39 is 0 Å². The molecule has 4 rings (SSSR count). The van der Waals surface area contributed by atoms with E-state index >= 15 is 0 Å². The fraction of sp³-hybridized carbons (Fsp3) is 0.125. The van der Waals surface area contributed by atoms with Crippen molar-refractivity contribution in [2.75, 3.05) is 12.4 Å². The zero-order valence-electron chi connectivity index (χ0n) is 15.5. The highest BCUT2D eigenvalue weighted by Crippen LogP contribution is 2.34. The number of anilines is 1. The summed E-state index contributed by atoms with van der Waals surface area (Å²) >= 11 is 0. The van der Waals surface area contributed by atoms with E-state index in [2.05, 4.69) is 82.4 Å². The van der Waals surface area contributed by atoms with Crippen molar-refractivity contribution >= 4 is 22.3 Å². The predicted molar refractivity (Wildman–Crippen MR) is 113 cm³/mol. The molecule has 0 spiro atoms. The average molecular weight is 351 g/mol. The first-order chi connectivity index (χ1) is 13.2. The van der Waals surface area contributed by atoms with Gasteiger partial charge in [0.25, 0.3) is 0 Å². The third-order valence-electron chi connectivity index (χ3n) is 4.93. The van der Waals surface area contributed by atoms with Crippen molar-refractivity contribution in [3.63, 3.8) is 0 Å². The summed E-state index contributed by atoms with van der Waals surface area (Å²) < 4.78 is 2.27. The summed E-state index contributed by atoms with van der Waals surface area (Å²) in [5.74, 6) is 0. The molecule has 0 saturated carbocycles. The van der Waals surface area contributed by atoms with Crippen molar-refractivity contribution in [1.29, 1.82) is 0 Å². The Labute approximate surface area is 159 Å². The number of rotatable bonds is 4. The van der Waals surface area contributed by atoms with Gasteiger partial charge in [0.05, 0.1) is 6.57 Å². The van der Waals surface area contributed by atoms with E-state index in [0.29, 0.717) is 5.69 Å². The lowest BCUT2D eigenvalue weighted by atomic mass is 10.0. The summed E-state index contributed by atoms with van der Waals surface area (Å²) in [5.41, 5.74) is 7.73. The highest BCUT2D eigenvalue weighted by atomic mass is 15.0. The number of hydrogen-bond acceptors (Lipinski definition) is 1. The molecule has 0 radical (unpaired) electrons. The van der Waals surface area contributed by atoms with E-state index in [9.17, 15) is 0 Å². The predicted octanol–water partition coefficient (Wildman–Crippen LogP) is 6.26. The fourth-order valence-corrected chi connectivity index (χ4v) is 3.45. The molecule has 132 valence electrons. The Bertz CT molecular complexity index is 1140. The standard InChI is InChI=1S/C24H21N3/c1-17-7-9-18(10-8-17)15-27-16-23(19-5-4-6-20(13-19)25-2)22-14-21(26-3)11-12-24(22)27/h4-14,16,25H,15H2,1-2H3. The Kier molecular flexibility index (Phi) is 4.40. The molecule has 0 atom stereocenters. The lowest BCUT2D eigenvalue weighted by molar-refractivity contribution is 0.837.